The molecule has 0 spiro atoms. The maximum Gasteiger partial charge on any atom is 0.408 e. The molecule has 0 heterocycles. The van der Waals surface area contributed by atoms with E-state index in [1.165, 1.54) is 0 Å². The highest BCUT2D eigenvalue weighted by atomic mass is 32.2. The van der Waals surface area contributed by atoms with Gasteiger partial charge in [0.15, 0.2) is 0 Å². The van der Waals surface area contributed by atoms with Gasteiger partial charge in [0.2, 0.25) is 0 Å². The van der Waals surface area contributed by atoms with E-state index in [4.69, 9.17) is 14.4 Å². The lowest BCUT2D eigenvalue weighted by Gasteiger charge is -2.21. The number of hydrogen-bond acceptors (Lipinski definition) is 6. The van der Waals surface area contributed by atoms with E-state index in [1.807, 2.05) is 0 Å². The van der Waals surface area contributed by atoms with Gasteiger partial charge < -0.3 is 15.2 Å². The van der Waals surface area contributed by atoms with Crippen LogP contribution >= 0.6 is 11.8 Å². The van der Waals surface area contributed by atoms with Gasteiger partial charge in [-0.1, -0.05) is 0 Å². The lowest BCUT2D eigenvalue weighted by molar-refractivity contribution is -0.138. The molecule has 124 valence electrons. The van der Waals surface area contributed by atoms with Crippen LogP contribution in [0.5, 0.6) is 0 Å². The number of carbonyl (C=O) groups excluding carboxylic acids is 1. The van der Waals surface area contributed by atoms with E-state index in [1.54, 1.807) is 20.8 Å². The Kier molecular flexibility index (Phi) is 8.04. The summed E-state index contributed by atoms with van der Waals surface area (Å²) < 4.78 is 34.5. The molecule has 0 rings (SSSR count). The van der Waals surface area contributed by atoms with Gasteiger partial charge >= 0.3 is 12.1 Å². The van der Waals surface area contributed by atoms with Gasteiger partial charge in [-0.15, -0.1) is 0 Å². The molecule has 0 aliphatic heterocycles. The van der Waals surface area contributed by atoms with Crippen molar-refractivity contribution in [2.75, 3.05) is 17.3 Å². The Bertz CT molecular complexity index is 456. The van der Waals surface area contributed by atoms with Crippen molar-refractivity contribution in [2.45, 2.75) is 38.8 Å². The minimum Gasteiger partial charge on any atom is -0.480 e. The predicted molar refractivity (Wildman–Crippen MR) is 79.2 cm³/mol. The van der Waals surface area contributed by atoms with Crippen molar-refractivity contribution in [3.63, 3.8) is 0 Å². The third-order valence-corrected chi connectivity index (χ3v) is 3.92. The van der Waals surface area contributed by atoms with Crippen molar-refractivity contribution < 1.29 is 32.4 Å². The molecular formula is C11H21NO7S2. The SMILES string of the molecule is CC(C)(C)OC(=O)NC(CSCCCS(=O)(=O)O)C(=O)O. The summed E-state index contributed by atoms with van der Waals surface area (Å²) in [4.78, 5) is 22.5. The predicted octanol–water partition coefficient (Wildman–Crippen LogP) is 0.975. The highest BCUT2D eigenvalue weighted by Crippen LogP contribution is 2.09. The topological polar surface area (TPSA) is 130 Å². The number of carbonyl (C=O) groups is 2. The first-order chi connectivity index (χ1) is 9.41. The fourth-order valence-electron chi connectivity index (χ4n) is 1.17. The first-order valence-electron chi connectivity index (χ1n) is 6.16. The van der Waals surface area contributed by atoms with Crippen LogP contribution in [0.2, 0.25) is 0 Å². The van der Waals surface area contributed by atoms with Crippen LogP contribution in [-0.4, -0.2) is 59.0 Å². The quantitative estimate of drug-likeness (QED) is 0.439. The van der Waals surface area contributed by atoms with Crippen LogP contribution in [-0.2, 0) is 19.6 Å². The van der Waals surface area contributed by atoms with E-state index in [2.05, 4.69) is 5.32 Å². The summed E-state index contributed by atoms with van der Waals surface area (Å²) in [6, 6.07) is -1.13. The van der Waals surface area contributed by atoms with Gasteiger partial charge in [-0.3, -0.25) is 4.55 Å². The largest absolute Gasteiger partial charge is 0.480 e. The third-order valence-electron chi connectivity index (χ3n) is 1.96. The maximum atomic E-state index is 11.5. The van der Waals surface area contributed by atoms with Crippen LogP contribution in [0.25, 0.3) is 0 Å². The molecule has 0 aromatic heterocycles. The summed E-state index contributed by atoms with van der Waals surface area (Å²) >= 11 is 1.16. The number of thioether (sulfide) groups is 1. The highest BCUT2D eigenvalue weighted by molar-refractivity contribution is 7.99. The van der Waals surface area contributed by atoms with Crippen LogP contribution in [0.1, 0.15) is 27.2 Å². The molecule has 21 heavy (non-hydrogen) atoms. The van der Waals surface area contributed by atoms with Crippen molar-refractivity contribution in [3.8, 4) is 0 Å². The summed E-state index contributed by atoms with van der Waals surface area (Å²) in [7, 11) is -4.00. The fourth-order valence-corrected chi connectivity index (χ4v) is 2.84. The van der Waals surface area contributed by atoms with E-state index in [9.17, 15) is 18.0 Å². The van der Waals surface area contributed by atoms with Crippen molar-refractivity contribution in [3.05, 3.63) is 0 Å². The monoisotopic (exact) mass is 343 g/mol. The van der Waals surface area contributed by atoms with E-state index >= 15 is 0 Å². The Morgan fingerprint density at radius 1 is 1.33 bits per heavy atom. The van der Waals surface area contributed by atoms with Gasteiger partial charge in [0, 0.05) is 5.75 Å². The molecule has 0 saturated carbocycles. The molecule has 1 atom stereocenters. The number of ether oxygens (including phenoxy) is 1. The average molecular weight is 343 g/mol. The molecule has 0 saturated heterocycles. The maximum absolute atomic E-state index is 11.5. The molecule has 3 N–H and O–H groups in total. The van der Waals surface area contributed by atoms with E-state index in [0.717, 1.165) is 11.8 Å². The van der Waals surface area contributed by atoms with Crippen LogP contribution in [0, 0.1) is 0 Å². The third kappa shape index (κ3) is 12.5. The number of aliphatic carboxylic acids is 1. The summed E-state index contributed by atoms with van der Waals surface area (Å²) in [5.41, 5.74) is -0.726. The Balaban J connectivity index is 4.15. The molecule has 1 amide bonds. The Hall–Kier alpha value is -1.00. The number of rotatable bonds is 8. The van der Waals surface area contributed by atoms with Gasteiger partial charge in [0.25, 0.3) is 10.1 Å². The number of nitrogens with one attached hydrogen (secondary N) is 1. The smallest absolute Gasteiger partial charge is 0.408 e. The van der Waals surface area contributed by atoms with Crippen LogP contribution in [0.3, 0.4) is 0 Å². The second-order valence-electron chi connectivity index (χ2n) is 5.25. The molecule has 0 fully saturated rings. The standard InChI is InChI=1S/C11H21NO7S2/c1-11(2,3)19-10(15)12-8(9(13)14)7-20-5-4-6-21(16,17)18/h8H,4-7H2,1-3H3,(H,12,15)(H,13,14)(H,16,17,18). The highest BCUT2D eigenvalue weighted by Gasteiger charge is 2.23. The zero-order valence-corrected chi connectivity index (χ0v) is 13.8. The number of carboxylic acids is 1. The van der Waals surface area contributed by atoms with Crippen LogP contribution in [0.15, 0.2) is 0 Å². The van der Waals surface area contributed by atoms with Gasteiger partial charge in [0.05, 0.1) is 5.75 Å². The van der Waals surface area contributed by atoms with Crippen LogP contribution < -0.4 is 5.32 Å². The minimum atomic E-state index is -4.00. The molecular weight excluding hydrogens is 322 g/mol. The van der Waals surface area contributed by atoms with E-state index < -0.39 is 33.8 Å². The minimum absolute atomic E-state index is 0.0695. The van der Waals surface area contributed by atoms with Crippen molar-refractivity contribution in [1.29, 1.82) is 0 Å². The van der Waals surface area contributed by atoms with Gasteiger partial charge in [-0.05, 0) is 32.9 Å². The average Bonchev–Trinajstić information content (AvgIpc) is 2.22. The van der Waals surface area contributed by atoms with Crippen molar-refractivity contribution in [2.24, 2.45) is 0 Å². The second kappa shape index (κ2) is 8.44. The van der Waals surface area contributed by atoms with Gasteiger partial charge in [0.1, 0.15) is 11.6 Å². The van der Waals surface area contributed by atoms with Crippen molar-refractivity contribution >= 4 is 33.9 Å². The zero-order valence-electron chi connectivity index (χ0n) is 12.2. The van der Waals surface area contributed by atoms with Crippen molar-refractivity contribution in [1.82, 2.24) is 5.32 Å². The summed E-state index contributed by atoms with van der Waals surface area (Å²) in [5, 5.41) is 11.2. The number of carboxylic acid groups (broad SMARTS) is 1. The fraction of sp³-hybridized carbons (Fsp3) is 0.818. The number of alkyl carbamates (subject to hydrolysis) is 1. The molecule has 0 bridgehead atoms. The van der Waals surface area contributed by atoms with Gasteiger partial charge in [-0.2, -0.15) is 20.2 Å². The first-order valence-corrected chi connectivity index (χ1v) is 8.92. The molecule has 0 aromatic carbocycles. The normalized spacial score (nSPS) is 13.5. The summed E-state index contributed by atoms with van der Waals surface area (Å²) in [6.07, 6.45) is -0.629. The molecule has 0 radical (unpaired) electrons. The summed E-state index contributed by atoms with van der Waals surface area (Å²) in [5.74, 6) is -1.17. The Morgan fingerprint density at radius 2 is 1.90 bits per heavy atom. The number of amides is 1. The van der Waals surface area contributed by atoms with E-state index in [0.29, 0.717) is 5.75 Å². The van der Waals surface area contributed by atoms with Gasteiger partial charge in [-0.25, -0.2) is 9.59 Å². The zero-order chi connectivity index (χ0) is 16.7. The first kappa shape index (κ1) is 20.0. The summed E-state index contributed by atoms with van der Waals surface area (Å²) in [6.45, 7) is 4.98. The lowest BCUT2D eigenvalue weighted by atomic mass is 10.2. The Morgan fingerprint density at radius 3 is 2.33 bits per heavy atom. The second-order valence-corrected chi connectivity index (χ2v) is 7.97. The molecule has 1 unspecified atom stereocenters. The molecule has 0 aromatic rings. The van der Waals surface area contributed by atoms with E-state index in [-0.39, 0.29) is 17.9 Å². The lowest BCUT2D eigenvalue weighted by Crippen LogP contribution is -2.45. The molecule has 8 nitrogen and oxygen atoms in total. The molecule has 0 aliphatic rings. The Labute approximate surface area is 128 Å². The molecule has 10 heteroatoms. The number of hydrogen-bond donors (Lipinski definition) is 3. The van der Waals surface area contributed by atoms with Crippen LogP contribution in [0.4, 0.5) is 4.79 Å². The molecule has 0 aliphatic carbocycles.